The lowest BCUT2D eigenvalue weighted by atomic mass is 10.1. The van der Waals surface area contributed by atoms with Gasteiger partial charge < -0.3 is 10.4 Å². The maximum Gasteiger partial charge on any atom is 0.416 e. The zero-order valence-electron chi connectivity index (χ0n) is 15.9. The Kier molecular flexibility index (Phi) is 6.32. The van der Waals surface area contributed by atoms with Gasteiger partial charge in [-0.25, -0.2) is 15.0 Å². The van der Waals surface area contributed by atoms with E-state index < -0.39 is 22.5 Å². The number of carboxylic acids is 1. The number of nitrogens with zero attached hydrogens (tertiary/aromatic N) is 3. The molecule has 0 aliphatic rings. The van der Waals surface area contributed by atoms with Gasteiger partial charge in [-0.1, -0.05) is 23.9 Å². The molecular weight excluding hydrogens is 437 g/mol. The molecule has 0 saturated carbocycles. The van der Waals surface area contributed by atoms with Crippen molar-refractivity contribution in [2.45, 2.75) is 35.7 Å². The normalized spacial score (nSPS) is 12.0. The molecule has 6 nitrogen and oxygen atoms in total. The molecule has 2 N–H and O–H groups in total. The molecule has 1 aromatic carbocycles. The predicted molar refractivity (Wildman–Crippen MR) is 109 cm³/mol. The minimum absolute atomic E-state index is 0.346. The van der Waals surface area contributed by atoms with Gasteiger partial charge in [-0.2, -0.15) is 13.2 Å². The molecule has 0 spiro atoms. The van der Waals surface area contributed by atoms with E-state index in [1.807, 2.05) is 5.38 Å². The monoisotopic (exact) mass is 454 g/mol. The Morgan fingerprint density at radius 1 is 1.13 bits per heavy atom. The predicted octanol–water partition coefficient (Wildman–Crippen LogP) is 5.19. The Morgan fingerprint density at radius 2 is 1.77 bits per heavy atom. The van der Waals surface area contributed by atoms with Gasteiger partial charge in [0.25, 0.3) is 0 Å². The molecule has 3 rings (SSSR count). The summed E-state index contributed by atoms with van der Waals surface area (Å²) in [6.07, 6.45) is -1.33. The van der Waals surface area contributed by atoms with E-state index in [9.17, 15) is 23.1 Å². The topological polar surface area (TPSA) is 88.0 Å². The van der Waals surface area contributed by atoms with Crippen molar-refractivity contribution >= 4 is 35.0 Å². The van der Waals surface area contributed by atoms with Crippen LogP contribution >= 0.6 is 23.1 Å². The lowest BCUT2D eigenvalue weighted by Crippen LogP contribution is -2.26. The number of nitrogens with one attached hydrogen (secondary N) is 1. The third-order valence-electron chi connectivity index (χ3n) is 4.01. The number of hydrogen-bond donors (Lipinski definition) is 2. The van der Waals surface area contributed by atoms with E-state index >= 15 is 0 Å². The molecule has 0 aliphatic carbocycles. The Hall–Kier alpha value is -2.66. The van der Waals surface area contributed by atoms with Gasteiger partial charge in [-0.15, -0.1) is 11.3 Å². The Morgan fingerprint density at radius 3 is 2.33 bits per heavy atom. The van der Waals surface area contributed by atoms with Gasteiger partial charge in [0.05, 0.1) is 17.8 Å². The molecule has 0 bridgehead atoms. The van der Waals surface area contributed by atoms with Crippen molar-refractivity contribution in [3.8, 4) is 11.1 Å². The van der Waals surface area contributed by atoms with Crippen LogP contribution in [0.1, 0.15) is 25.1 Å². The van der Waals surface area contributed by atoms with Crippen LogP contribution in [0.5, 0.6) is 0 Å². The zero-order valence-corrected chi connectivity index (χ0v) is 17.5. The van der Waals surface area contributed by atoms with Gasteiger partial charge in [0, 0.05) is 23.3 Å². The summed E-state index contributed by atoms with van der Waals surface area (Å²) < 4.78 is 37.6. The smallest absolute Gasteiger partial charge is 0.416 e. The first-order chi connectivity index (χ1) is 14.0. The van der Waals surface area contributed by atoms with Crippen molar-refractivity contribution in [3.05, 3.63) is 53.3 Å². The lowest BCUT2D eigenvalue weighted by molar-refractivity contribution is -0.139. The molecule has 30 heavy (non-hydrogen) atoms. The van der Waals surface area contributed by atoms with E-state index in [0.717, 1.165) is 17.8 Å². The number of carbonyl (C=O) groups is 1. The SMILES string of the molecule is CC(C)(Sc1nc(CNc2ncc(-c3ccc(C(F)(F)F)cc3)cn2)cs1)C(=O)O. The highest BCUT2D eigenvalue weighted by atomic mass is 32.2. The van der Waals surface area contributed by atoms with Gasteiger partial charge in [0.15, 0.2) is 4.34 Å². The fourth-order valence-electron chi connectivity index (χ4n) is 2.27. The number of rotatable bonds is 7. The molecule has 11 heteroatoms. The molecule has 0 saturated heterocycles. The van der Waals surface area contributed by atoms with Crippen molar-refractivity contribution in [3.63, 3.8) is 0 Å². The molecule has 2 heterocycles. The third-order valence-corrected chi connectivity index (χ3v) is 6.19. The third kappa shape index (κ3) is 5.48. The number of aliphatic carboxylic acids is 1. The number of halogens is 3. The maximum absolute atomic E-state index is 12.7. The van der Waals surface area contributed by atoms with E-state index in [2.05, 4.69) is 20.3 Å². The van der Waals surface area contributed by atoms with Gasteiger partial charge in [-0.05, 0) is 31.5 Å². The number of alkyl halides is 3. The number of thioether (sulfide) groups is 1. The number of carboxylic acid groups (broad SMARTS) is 1. The number of thiazole rings is 1. The highest BCUT2D eigenvalue weighted by molar-refractivity contribution is 8.02. The second-order valence-electron chi connectivity index (χ2n) is 6.75. The molecule has 2 aromatic heterocycles. The summed E-state index contributed by atoms with van der Waals surface area (Å²) in [6.45, 7) is 3.58. The summed E-state index contributed by atoms with van der Waals surface area (Å²) >= 11 is 2.54. The van der Waals surface area contributed by atoms with Crippen LogP contribution in [0.3, 0.4) is 0 Å². The van der Waals surface area contributed by atoms with Gasteiger partial charge >= 0.3 is 12.1 Å². The quantitative estimate of drug-likeness (QED) is 0.475. The molecule has 0 unspecified atom stereocenters. The Bertz CT molecular complexity index is 1020. The van der Waals surface area contributed by atoms with E-state index in [1.165, 1.54) is 47.6 Å². The van der Waals surface area contributed by atoms with Crippen LogP contribution in [-0.4, -0.2) is 30.8 Å². The summed E-state index contributed by atoms with van der Waals surface area (Å²) in [5, 5.41) is 14.0. The number of aromatic nitrogens is 3. The molecule has 0 amide bonds. The lowest BCUT2D eigenvalue weighted by Gasteiger charge is -2.15. The first kappa shape index (κ1) is 22.0. The largest absolute Gasteiger partial charge is 0.480 e. The van der Waals surface area contributed by atoms with Gasteiger partial charge in [-0.3, -0.25) is 4.79 Å². The van der Waals surface area contributed by atoms with Crippen LogP contribution in [0.2, 0.25) is 0 Å². The molecule has 158 valence electrons. The summed E-state index contributed by atoms with van der Waals surface area (Å²) in [4.78, 5) is 24.0. The Balaban J connectivity index is 1.60. The molecule has 0 radical (unpaired) electrons. The first-order valence-corrected chi connectivity index (χ1v) is 10.3. The van der Waals surface area contributed by atoms with E-state index in [4.69, 9.17) is 0 Å². The average Bonchev–Trinajstić information content (AvgIpc) is 3.13. The minimum Gasteiger partial charge on any atom is -0.480 e. The minimum atomic E-state index is -4.37. The maximum atomic E-state index is 12.7. The molecule has 0 aliphatic heterocycles. The van der Waals surface area contributed by atoms with Gasteiger partial charge in [0.1, 0.15) is 4.75 Å². The summed E-state index contributed by atoms with van der Waals surface area (Å²) in [7, 11) is 0. The van der Waals surface area contributed by atoms with E-state index in [-0.39, 0.29) is 0 Å². The molecular formula is C19H17F3N4O2S2. The summed E-state index contributed by atoms with van der Waals surface area (Å²) in [5.41, 5.74) is 1.19. The first-order valence-electron chi connectivity index (χ1n) is 8.65. The zero-order chi connectivity index (χ0) is 21.9. The fourth-order valence-corrected chi connectivity index (χ4v) is 4.46. The van der Waals surface area contributed by atoms with Crippen molar-refractivity contribution in [1.82, 2.24) is 15.0 Å². The van der Waals surface area contributed by atoms with Crippen LogP contribution in [0.25, 0.3) is 11.1 Å². The number of benzene rings is 1. The van der Waals surface area contributed by atoms with Crippen LogP contribution < -0.4 is 5.32 Å². The van der Waals surface area contributed by atoms with Crippen molar-refractivity contribution in [2.75, 3.05) is 5.32 Å². The standard InChI is InChI=1S/C19H17F3N4O2S2/c1-18(2,15(27)28)30-17-26-14(10-29-17)9-25-16-23-7-12(8-24-16)11-3-5-13(6-4-11)19(20,21)22/h3-8,10H,9H2,1-2H3,(H,27,28)(H,23,24,25). The van der Waals surface area contributed by atoms with Crippen molar-refractivity contribution < 1.29 is 23.1 Å². The molecule has 3 aromatic rings. The second-order valence-corrected chi connectivity index (χ2v) is 9.47. The van der Waals surface area contributed by atoms with Crippen LogP contribution in [-0.2, 0) is 17.5 Å². The Labute approximate surface area is 178 Å². The second kappa shape index (κ2) is 8.60. The van der Waals surface area contributed by atoms with Crippen molar-refractivity contribution in [1.29, 1.82) is 0 Å². The summed E-state index contributed by atoms with van der Waals surface area (Å²) in [6, 6.07) is 4.79. The summed E-state index contributed by atoms with van der Waals surface area (Å²) in [5.74, 6) is -0.567. The highest BCUT2D eigenvalue weighted by Gasteiger charge is 2.30. The van der Waals surface area contributed by atoms with Crippen LogP contribution in [0, 0.1) is 0 Å². The van der Waals surface area contributed by atoms with Crippen molar-refractivity contribution in [2.24, 2.45) is 0 Å². The molecule has 0 fully saturated rings. The highest BCUT2D eigenvalue weighted by Crippen LogP contribution is 2.35. The van der Waals surface area contributed by atoms with E-state index in [1.54, 1.807) is 13.8 Å². The fraction of sp³-hybridized carbons (Fsp3) is 0.263. The molecule has 0 atom stereocenters. The van der Waals surface area contributed by atoms with E-state index in [0.29, 0.717) is 28.0 Å². The average molecular weight is 454 g/mol. The number of anilines is 1. The van der Waals surface area contributed by atoms with Crippen LogP contribution in [0.4, 0.5) is 19.1 Å². The number of hydrogen-bond acceptors (Lipinski definition) is 7. The van der Waals surface area contributed by atoms with Crippen LogP contribution in [0.15, 0.2) is 46.4 Å². The van der Waals surface area contributed by atoms with Gasteiger partial charge in [0.2, 0.25) is 5.95 Å².